The highest BCUT2D eigenvalue weighted by Crippen LogP contribution is 2.26. The average molecular weight is 301 g/mol. The summed E-state index contributed by atoms with van der Waals surface area (Å²) in [5, 5.41) is 0. The molecule has 0 spiro atoms. The number of nitrogens with zero attached hydrogens (tertiary/aromatic N) is 2. The first-order valence-corrected chi connectivity index (χ1v) is 7.54. The zero-order valence-electron chi connectivity index (χ0n) is 12.1. The van der Waals surface area contributed by atoms with Gasteiger partial charge >= 0.3 is 0 Å². The summed E-state index contributed by atoms with van der Waals surface area (Å²) >= 11 is 6.08. The van der Waals surface area contributed by atoms with E-state index in [1.165, 1.54) is 5.56 Å². The molecule has 3 nitrogen and oxygen atoms in total. The van der Waals surface area contributed by atoms with E-state index in [0.29, 0.717) is 12.5 Å². The van der Waals surface area contributed by atoms with Gasteiger partial charge in [0, 0.05) is 5.69 Å². The van der Waals surface area contributed by atoms with E-state index in [4.69, 9.17) is 16.3 Å². The third-order valence-electron chi connectivity index (χ3n) is 3.47. The SMILES string of the molecule is CCOc1ccc(-n2c(CCl)nc3cccc(C)c32)cc1. The van der Waals surface area contributed by atoms with Gasteiger partial charge in [-0.05, 0) is 49.7 Å². The largest absolute Gasteiger partial charge is 0.494 e. The van der Waals surface area contributed by atoms with Gasteiger partial charge in [0.05, 0.1) is 23.5 Å². The summed E-state index contributed by atoms with van der Waals surface area (Å²) in [6.07, 6.45) is 0. The molecule has 0 amide bonds. The van der Waals surface area contributed by atoms with Crippen molar-refractivity contribution in [1.82, 2.24) is 9.55 Å². The molecule has 0 bridgehead atoms. The van der Waals surface area contributed by atoms with E-state index in [1.54, 1.807) is 0 Å². The molecule has 108 valence electrons. The fourth-order valence-corrected chi connectivity index (χ4v) is 2.75. The van der Waals surface area contributed by atoms with Crippen molar-refractivity contribution in [1.29, 1.82) is 0 Å². The minimum absolute atomic E-state index is 0.376. The van der Waals surface area contributed by atoms with Crippen LogP contribution in [-0.4, -0.2) is 16.2 Å². The molecule has 0 saturated carbocycles. The van der Waals surface area contributed by atoms with Gasteiger partial charge in [0.1, 0.15) is 11.6 Å². The van der Waals surface area contributed by atoms with Crippen LogP contribution in [0.15, 0.2) is 42.5 Å². The molecule has 3 aromatic rings. The van der Waals surface area contributed by atoms with Gasteiger partial charge in [-0.2, -0.15) is 0 Å². The van der Waals surface area contributed by atoms with Crippen LogP contribution in [-0.2, 0) is 5.88 Å². The molecular weight excluding hydrogens is 284 g/mol. The third-order valence-corrected chi connectivity index (χ3v) is 3.71. The minimum Gasteiger partial charge on any atom is -0.494 e. The fraction of sp³-hybridized carbons (Fsp3) is 0.235. The summed E-state index contributed by atoms with van der Waals surface area (Å²) in [7, 11) is 0. The average Bonchev–Trinajstić information content (AvgIpc) is 2.88. The minimum atomic E-state index is 0.376. The highest BCUT2D eigenvalue weighted by Gasteiger charge is 2.13. The maximum atomic E-state index is 6.08. The maximum Gasteiger partial charge on any atom is 0.129 e. The quantitative estimate of drug-likeness (QED) is 0.665. The highest BCUT2D eigenvalue weighted by atomic mass is 35.5. The first-order chi connectivity index (χ1) is 10.2. The van der Waals surface area contributed by atoms with Crippen LogP contribution < -0.4 is 4.74 Å². The second-order valence-electron chi connectivity index (χ2n) is 4.87. The smallest absolute Gasteiger partial charge is 0.129 e. The zero-order valence-corrected chi connectivity index (χ0v) is 12.9. The van der Waals surface area contributed by atoms with Crippen LogP contribution in [0, 0.1) is 6.92 Å². The van der Waals surface area contributed by atoms with Crippen molar-refractivity contribution in [3.63, 3.8) is 0 Å². The molecule has 3 rings (SSSR count). The summed E-state index contributed by atoms with van der Waals surface area (Å²) in [5.74, 6) is 2.10. The van der Waals surface area contributed by atoms with Crippen molar-refractivity contribution in [3.05, 3.63) is 53.9 Å². The molecule has 0 aliphatic carbocycles. The number of fused-ring (bicyclic) bond motifs is 1. The molecule has 0 radical (unpaired) electrons. The van der Waals surface area contributed by atoms with Gasteiger partial charge in [0.2, 0.25) is 0 Å². The Morgan fingerprint density at radius 2 is 1.90 bits per heavy atom. The lowest BCUT2D eigenvalue weighted by Gasteiger charge is -2.10. The second kappa shape index (κ2) is 5.78. The van der Waals surface area contributed by atoms with Crippen LogP contribution in [0.4, 0.5) is 0 Å². The number of imidazole rings is 1. The number of hydrogen-bond acceptors (Lipinski definition) is 2. The topological polar surface area (TPSA) is 27.1 Å². The van der Waals surface area contributed by atoms with Gasteiger partial charge in [-0.15, -0.1) is 11.6 Å². The molecular formula is C17H17ClN2O. The lowest BCUT2D eigenvalue weighted by atomic mass is 10.2. The van der Waals surface area contributed by atoms with Gasteiger partial charge in [0.15, 0.2) is 0 Å². The summed E-state index contributed by atoms with van der Waals surface area (Å²) in [5.41, 5.74) is 4.31. The molecule has 0 saturated heterocycles. The summed E-state index contributed by atoms with van der Waals surface area (Å²) in [4.78, 5) is 4.63. The molecule has 1 heterocycles. The zero-order chi connectivity index (χ0) is 14.8. The predicted octanol–water partition coefficient (Wildman–Crippen LogP) is 4.47. The Morgan fingerprint density at radius 3 is 2.57 bits per heavy atom. The van der Waals surface area contributed by atoms with E-state index in [0.717, 1.165) is 28.3 Å². The molecule has 21 heavy (non-hydrogen) atoms. The Labute approximate surface area is 129 Å². The standard InChI is InChI=1S/C17H17ClN2O/c1-3-21-14-9-7-13(8-10-14)20-16(11-18)19-15-6-4-5-12(2)17(15)20/h4-10H,3,11H2,1-2H3. The molecule has 0 aliphatic heterocycles. The molecule has 4 heteroatoms. The van der Waals surface area contributed by atoms with Crippen molar-refractivity contribution >= 4 is 22.6 Å². The Kier molecular flexibility index (Phi) is 3.84. The Bertz CT molecular complexity index is 762. The van der Waals surface area contributed by atoms with Gasteiger partial charge < -0.3 is 4.74 Å². The van der Waals surface area contributed by atoms with E-state index < -0.39 is 0 Å². The maximum absolute atomic E-state index is 6.08. The summed E-state index contributed by atoms with van der Waals surface area (Å²) in [6.45, 7) is 4.73. The van der Waals surface area contributed by atoms with Crippen LogP contribution in [0.25, 0.3) is 16.7 Å². The van der Waals surface area contributed by atoms with Gasteiger partial charge in [0.25, 0.3) is 0 Å². The number of halogens is 1. The molecule has 0 aliphatic rings. The van der Waals surface area contributed by atoms with E-state index in [2.05, 4.69) is 22.5 Å². The number of aromatic nitrogens is 2. The molecule has 2 aromatic carbocycles. The molecule has 0 fully saturated rings. The number of para-hydroxylation sites is 1. The molecule has 1 aromatic heterocycles. The van der Waals surface area contributed by atoms with Gasteiger partial charge in [-0.3, -0.25) is 4.57 Å². The normalized spacial score (nSPS) is 11.0. The van der Waals surface area contributed by atoms with Crippen LogP contribution in [0.5, 0.6) is 5.75 Å². The number of rotatable bonds is 4. The van der Waals surface area contributed by atoms with Crippen molar-refractivity contribution in [2.24, 2.45) is 0 Å². The summed E-state index contributed by atoms with van der Waals surface area (Å²) in [6, 6.07) is 14.1. The number of aryl methyl sites for hydroxylation is 1. The molecule has 0 N–H and O–H groups in total. The van der Waals surface area contributed by atoms with Crippen molar-refractivity contribution in [2.75, 3.05) is 6.61 Å². The molecule has 0 unspecified atom stereocenters. The van der Waals surface area contributed by atoms with Crippen molar-refractivity contribution < 1.29 is 4.74 Å². The summed E-state index contributed by atoms with van der Waals surface area (Å²) < 4.78 is 7.61. The van der Waals surface area contributed by atoms with Crippen LogP contribution >= 0.6 is 11.6 Å². The van der Waals surface area contributed by atoms with E-state index >= 15 is 0 Å². The number of alkyl halides is 1. The Hall–Kier alpha value is -2.00. The Morgan fingerprint density at radius 1 is 1.14 bits per heavy atom. The van der Waals surface area contributed by atoms with Crippen LogP contribution in [0.2, 0.25) is 0 Å². The van der Waals surface area contributed by atoms with Gasteiger partial charge in [-0.1, -0.05) is 12.1 Å². The fourth-order valence-electron chi connectivity index (χ4n) is 2.57. The predicted molar refractivity (Wildman–Crippen MR) is 86.5 cm³/mol. The monoisotopic (exact) mass is 300 g/mol. The van der Waals surface area contributed by atoms with E-state index in [1.807, 2.05) is 43.3 Å². The lowest BCUT2D eigenvalue weighted by molar-refractivity contribution is 0.340. The first kappa shape index (κ1) is 14.0. The number of benzene rings is 2. The number of ether oxygens (including phenoxy) is 1. The lowest BCUT2D eigenvalue weighted by Crippen LogP contribution is -2.00. The van der Waals surface area contributed by atoms with E-state index in [-0.39, 0.29) is 0 Å². The Balaban J connectivity index is 2.18. The molecule has 0 atom stereocenters. The van der Waals surface area contributed by atoms with E-state index in [9.17, 15) is 0 Å². The van der Waals surface area contributed by atoms with Gasteiger partial charge in [-0.25, -0.2) is 4.98 Å². The first-order valence-electron chi connectivity index (χ1n) is 7.00. The second-order valence-corrected chi connectivity index (χ2v) is 5.13. The number of hydrogen-bond donors (Lipinski definition) is 0. The highest BCUT2D eigenvalue weighted by molar-refractivity contribution is 6.17. The third kappa shape index (κ3) is 2.49. The van der Waals surface area contributed by atoms with Crippen molar-refractivity contribution in [2.45, 2.75) is 19.7 Å². The van der Waals surface area contributed by atoms with Crippen molar-refractivity contribution in [3.8, 4) is 11.4 Å². The van der Waals surface area contributed by atoms with Crippen LogP contribution in [0.3, 0.4) is 0 Å². The van der Waals surface area contributed by atoms with Crippen LogP contribution in [0.1, 0.15) is 18.3 Å².